The van der Waals surface area contributed by atoms with Gasteiger partial charge in [-0.3, -0.25) is 0 Å². The maximum Gasteiger partial charge on any atom is 0.246 e. The summed E-state index contributed by atoms with van der Waals surface area (Å²) in [7, 11) is 2.08. The molecule has 0 saturated heterocycles. The number of para-hydroxylation sites is 2. The molecule has 0 aliphatic rings. The quantitative estimate of drug-likeness (QED) is 0.503. The van der Waals surface area contributed by atoms with Gasteiger partial charge in [-0.05, 0) is 18.6 Å². The number of rotatable bonds is 9. The molecule has 0 radical (unpaired) electrons. The van der Waals surface area contributed by atoms with Gasteiger partial charge in [-0.15, -0.1) is 0 Å². The lowest BCUT2D eigenvalue weighted by Gasteiger charge is -2.02. The normalized spacial score (nSPS) is 11.3. The molecule has 20 heavy (non-hydrogen) atoms. The number of ether oxygens (including phenoxy) is 1. The molecule has 1 aromatic carbocycles. The van der Waals surface area contributed by atoms with Gasteiger partial charge >= 0.3 is 0 Å². The molecule has 1 heterocycles. The smallest absolute Gasteiger partial charge is 0.246 e. The predicted octanol–water partition coefficient (Wildman–Crippen LogP) is 3.80. The molecule has 0 saturated carbocycles. The molecule has 2 aromatic rings. The van der Waals surface area contributed by atoms with Crippen LogP contribution in [0.15, 0.2) is 30.6 Å². The van der Waals surface area contributed by atoms with Crippen LogP contribution in [0, 0.1) is 0 Å². The Morgan fingerprint density at radius 1 is 1.05 bits per heavy atom. The number of hydrogen-bond donors (Lipinski definition) is 0. The number of fused-ring (bicyclic) bond motifs is 1. The molecule has 110 valence electrons. The Hall–Kier alpha value is -1.35. The average molecular weight is 275 g/mol. The van der Waals surface area contributed by atoms with E-state index in [1.54, 1.807) is 0 Å². The van der Waals surface area contributed by atoms with Gasteiger partial charge in [0.05, 0.1) is 13.7 Å². The minimum Gasteiger partial charge on any atom is -0.342 e. The number of aryl methyl sites for hydroxylation is 1. The van der Waals surface area contributed by atoms with E-state index in [1.165, 1.54) is 49.6 Å². The standard InChI is InChI=1S/C17H27N2O/c1-3-4-5-6-7-10-13-20-15-19-14-18(2)16-11-8-9-12-17(16)19/h8-9,11-12,14H,3-7,10,13,15H2,1-2H3/q+1. The van der Waals surface area contributed by atoms with Crippen molar-refractivity contribution in [3.05, 3.63) is 30.6 Å². The largest absolute Gasteiger partial charge is 0.342 e. The van der Waals surface area contributed by atoms with E-state index in [1.807, 2.05) is 0 Å². The predicted molar refractivity (Wildman–Crippen MR) is 82.4 cm³/mol. The monoisotopic (exact) mass is 275 g/mol. The van der Waals surface area contributed by atoms with Gasteiger partial charge < -0.3 is 4.74 Å². The van der Waals surface area contributed by atoms with Gasteiger partial charge in [-0.1, -0.05) is 51.2 Å². The Morgan fingerprint density at radius 2 is 1.80 bits per heavy atom. The van der Waals surface area contributed by atoms with Gasteiger partial charge in [-0.2, -0.15) is 0 Å². The summed E-state index contributed by atoms with van der Waals surface area (Å²) in [6.07, 6.45) is 9.97. The fourth-order valence-electron chi connectivity index (χ4n) is 2.59. The Balaban J connectivity index is 1.71. The van der Waals surface area contributed by atoms with Gasteiger partial charge in [0.25, 0.3) is 0 Å². The van der Waals surface area contributed by atoms with Crippen LogP contribution in [0.3, 0.4) is 0 Å². The van der Waals surface area contributed by atoms with Crippen LogP contribution >= 0.6 is 0 Å². The highest BCUT2D eigenvalue weighted by molar-refractivity contribution is 5.71. The molecule has 0 amide bonds. The zero-order valence-corrected chi connectivity index (χ0v) is 12.8. The Morgan fingerprint density at radius 3 is 2.65 bits per heavy atom. The average Bonchev–Trinajstić information content (AvgIpc) is 2.79. The molecule has 2 rings (SSSR count). The van der Waals surface area contributed by atoms with Crippen LogP contribution in [0.2, 0.25) is 0 Å². The summed E-state index contributed by atoms with van der Waals surface area (Å²) in [5, 5.41) is 0. The molecule has 0 bridgehead atoms. The first kappa shape index (κ1) is 15.0. The van der Waals surface area contributed by atoms with Crippen molar-refractivity contribution in [3.8, 4) is 0 Å². The lowest BCUT2D eigenvalue weighted by Crippen LogP contribution is -2.25. The third-order valence-corrected chi connectivity index (χ3v) is 3.76. The summed E-state index contributed by atoms with van der Waals surface area (Å²) >= 11 is 0. The minimum atomic E-state index is 0.649. The Kier molecular flexibility index (Phi) is 6.06. The van der Waals surface area contributed by atoms with Crippen LogP contribution in [0.25, 0.3) is 11.0 Å². The molecular weight excluding hydrogens is 248 g/mol. The first-order chi connectivity index (χ1) is 9.83. The van der Waals surface area contributed by atoms with E-state index in [-0.39, 0.29) is 0 Å². The third kappa shape index (κ3) is 4.07. The number of unbranched alkanes of at least 4 members (excludes halogenated alkanes) is 5. The van der Waals surface area contributed by atoms with E-state index in [0.717, 1.165) is 6.61 Å². The molecule has 3 heteroatoms. The summed E-state index contributed by atoms with van der Waals surface area (Å²) in [5.74, 6) is 0. The van der Waals surface area contributed by atoms with Crippen LogP contribution in [0.1, 0.15) is 45.4 Å². The van der Waals surface area contributed by atoms with Crippen LogP contribution < -0.4 is 4.57 Å². The molecule has 3 nitrogen and oxygen atoms in total. The SMILES string of the molecule is CCCCCCCCOCn1c[n+](C)c2ccccc21. The van der Waals surface area contributed by atoms with Crippen LogP contribution in [-0.2, 0) is 18.5 Å². The zero-order valence-electron chi connectivity index (χ0n) is 12.8. The zero-order chi connectivity index (χ0) is 14.2. The molecule has 1 aromatic heterocycles. The molecule has 0 unspecified atom stereocenters. The molecule has 0 aliphatic carbocycles. The van der Waals surface area contributed by atoms with Gasteiger partial charge in [0.1, 0.15) is 0 Å². The van der Waals surface area contributed by atoms with Crippen LogP contribution in [0.4, 0.5) is 0 Å². The number of hydrogen-bond acceptors (Lipinski definition) is 1. The van der Waals surface area contributed by atoms with E-state index >= 15 is 0 Å². The second kappa shape index (κ2) is 8.05. The topological polar surface area (TPSA) is 18.0 Å². The van der Waals surface area contributed by atoms with Gasteiger partial charge in [0, 0.05) is 0 Å². The molecule has 0 aliphatic heterocycles. The van der Waals surface area contributed by atoms with E-state index in [0.29, 0.717) is 6.73 Å². The maximum atomic E-state index is 5.80. The third-order valence-electron chi connectivity index (χ3n) is 3.76. The second-order valence-electron chi connectivity index (χ2n) is 5.49. The summed E-state index contributed by atoms with van der Waals surface area (Å²) < 4.78 is 10.1. The van der Waals surface area contributed by atoms with Gasteiger partial charge in [-0.25, -0.2) is 9.13 Å². The fourth-order valence-corrected chi connectivity index (χ4v) is 2.59. The van der Waals surface area contributed by atoms with Crippen molar-refractivity contribution in [1.82, 2.24) is 4.57 Å². The van der Waals surface area contributed by atoms with Gasteiger partial charge in [0.2, 0.25) is 6.33 Å². The summed E-state index contributed by atoms with van der Waals surface area (Å²) in [5.41, 5.74) is 2.48. The van der Waals surface area contributed by atoms with Crippen LogP contribution in [0.5, 0.6) is 0 Å². The van der Waals surface area contributed by atoms with Crippen molar-refractivity contribution in [3.63, 3.8) is 0 Å². The summed E-state index contributed by atoms with van der Waals surface area (Å²) in [6, 6.07) is 8.43. The lowest BCUT2D eigenvalue weighted by molar-refractivity contribution is -0.646. The van der Waals surface area contributed by atoms with E-state index in [2.05, 4.69) is 53.7 Å². The first-order valence-electron chi connectivity index (χ1n) is 7.84. The Bertz CT molecular complexity index is 519. The van der Waals surface area contributed by atoms with Crippen LogP contribution in [-0.4, -0.2) is 11.2 Å². The van der Waals surface area contributed by atoms with Crippen molar-refractivity contribution < 1.29 is 9.30 Å². The molecule has 0 spiro atoms. The van der Waals surface area contributed by atoms with Crippen molar-refractivity contribution in [2.24, 2.45) is 7.05 Å². The van der Waals surface area contributed by atoms with Gasteiger partial charge in [0.15, 0.2) is 17.8 Å². The number of aromatic nitrogens is 2. The van der Waals surface area contributed by atoms with Crippen molar-refractivity contribution in [2.45, 2.75) is 52.2 Å². The van der Waals surface area contributed by atoms with E-state index in [9.17, 15) is 0 Å². The highest BCUT2D eigenvalue weighted by atomic mass is 16.5. The van der Waals surface area contributed by atoms with E-state index < -0.39 is 0 Å². The Labute approximate surface area is 122 Å². The maximum absolute atomic E-state index is 5.80. The number of benzene rings is 1. The molecule has 0 atom stereocenters. The summed E-state index contributed by atoms with van der Waals surface area (Å²) in [6.45, 7) is 3.77. The highest BCUT2D eigenvalue weighted by Crippen LogP contribution is 2.10. The van der Waals surface area contributed by atoms with E-state index in [4.69, 9.17) is 4.74 Å². The summed E-state index contributed by atoms with van der Waals surface area (Å²) in [4.78, 5) is 0. The minimum absolute atomic E-state index is 0.649. The molecule has 0 N–H and O–H groups in total. The number of imidazole rings is 1. The molecular formula is C17H27N2O+. The highest BCUT2D eigenvalue weighted by Gasteiger charge is 2.11. The lowest BCUT2D eigenvalue weighted by atomic mass is 10.1. The van der Waals surface area contributed by atoms with Crippen molar-refractivity contribution >= 4 is 11.0 Å². The number of nitrogens with zero attached hydrogens (tertiary/aromatic N) is 2. The van der Waals surface area contributed by atoms with Crippen molar-refractivity contribution in [1.29, 1.82) is 0 Å². The van der Waals surface area contributed by atoms with Crippen molar-refractivity contribution in [2.75, 3.05) is 6.61 Å². The first-order valence-corrected chi connectivity index (χ1v) is 7.84. The fraction of sp³-hybridized carbons (Fsp3) is 0.588. The second-order valence-corrected chi connectivity index (χ2v) is 5.49. The molecule has 0 fully saturated rings.